The molecule has 0 radical (unpaired) electrons. The Morgan fingerprint density at radius 1 is 1.26 bits per heavy atom. The van der Waals surface area contributed by atoms with Gasteiger partial charge in [-0.2, -0.15) is 20.7 Å². The van der Waals surface area contributed by atoms with Crippen LogP contribution < -0.4 is 0 Å². The van der Waals surface area contributed by atoms with Gasteiger partial charge in [0, 0.05) is 5.56 Å². The third kappa shape index (κ3) is 1.87. The quantitative estimate of drug-likeness (QED) is 0.727. The second-order valence-corrected chi connectivity index (χ2v) is 4.16. The third-order valence-electron chi connectivity index (χ3n) is 2.86. The molecule has 19 heavy (non-hydrogen) atoms. The lowest BCUT2D eigenvalue weighted by molar-refractivity contribution is 0.935. The molecule has 0 unspecified atom stereocenters. The van der Waals surface area contributed by atoms with Gasteiger partial charge in [0.2, 0.25) is 0 Å². The van der Waals surface area contributed by atoms with E-state index in [0.717, 1.165) is 16.7 Å². The Labute approximate surface area is 109 Å². The van der Waals surface area contributed by atoms with E-state index in [1.54, 1.807) is 6.20 Å². The third-order valence-corrected chi connectivity index (χ3v) is 2.86. The Morgan fingerprint density at radius 3 is 2.95 bits per heavy atom. The van der Waals surface area contributed by atoms with Gasteiger partial charge in [0.05, 0.1) is 11.9 Å². The highest BCUT2D eigenvalue weighted by atomic mass is 15.3. The van der Waals surface area contributed by atoms with E-state index in [9.17, 15) is 0 Å². The molecule has 0 aliphatic carbocycles. The first-order valence-electron chi connectivity index (χ1n) is 5.71. The standard InChI is InChI=1S/C13H10N6/c1-8-3-2-4-9(5-8)10-7-15-17-12(10)13-11(6-14)16-19-18-13/h2-5,7H,1H3,(H,15,17)(H,16,18,19). The zero-order chi connectivity index (χ0) is 13.2. The minimum atomic E-state index is 0.248. The molecule has 0 aliphatic heterocycles. The van der Waals surface area contributed by atoms with E-state index in [4.69, 9.17) is 5.26 Å². The number of nitrogens with one attached hydrogen (secondary N) is 2. The van der Waals surface area contributed by atoms with E-state index in [1.807, 2.05) is 31.2 Å². The van der Waals surface area contributed by atoms with Crippen molar-refractivity contribution in [1.29, 1.82) is 5.26 Å². The van der Waals surface area contributed by atoms with Gasteiger partial charge >= 0.3 is 0 Å². The van der Waals surface area contributed by atoms with Crippen molar-refractivity contribution in [3.63, 3.8) is 0 Å². The number of aryl methyl sites for hydroxylation is 1. The number of aromatic nitrogens is 5. The molecule has 0 atom stereocenters. The summed E-state index contributed by atoms with van der Waals surface area (Å²) in [5.74, 6) is 0. The number of nitrogens with zero attached hydrogens (tertiary/aromatic N) is 4. The first kappa shape index (κ1) is 11.2. The predicted molar refractivity (Wildman–Crippen MR) is 68.9 cm³/mol. The molecule has 0 saturated heterocycles. The Kier molecular flexibility index (Phi) is 2.58. The topological polar surface area (TPSA) is 94.0 Å². The van der Waals surface area contributed by atoms with Gasteiger partial charge in [-0.05, 0) is 12.5 Å². The van der Waals surface area contributed by atoms with E-state index in [1.165, 1.54) is 0 Å². The summed E-state index contributed by atoms with van der Waals surface area (Å²) < 4.78 is 0. The van der Waals surface area contributed by atoms with Crippen LogP contribution in [0, 0.1) is 18.3 Å². The minimum absolute atomic E-state index is 0.248. The molecular weight excluding hydrogens is 240 g/mol. The van der Waals surface area contributed by atoms with Crippen molar-refractivity contribution in [3.8, 4) is 28.6 Å². The Hall–Kier alpha value is -2.94. The highest BCUT2D eigenvalue weighted by Gasteiger charge is 2.16. The molecule has 3 aromatic rings. The maximum atomic E-state index is 9.00. The Morgan fingerprint density at radius 2 is 2.16 bits per heavy atom. The van der Waals surface area contributed by atoms with Gasteiger partial charge in [-0.15, -0.1) is 5.10 Å². The minimum Gasteiger partial charge on any atom is -0.275 e. The molecule has 92 valence electrons. The largest absolute Gasteiger partial charge is 0.275 e. The van der Waals surface area contributed by atoms with Crippen LogP contribution >= 0.6 is 0 Å². The van der Waals surface area contributed by atoms with Gasteiger partial charge in [-0.1, -0.05) is 29.8 Å². The van der Waals surface area contributed by atoms with Crippen molar-refractivity contribution in [2.45, 2.75) is 6.92 Å². The number of H-pyrrole nitrogens is 2. The summed E-state index contributed by atoms with van der Waals surface area (Å²) in [6.45, 7) is 2.03. The van der Waals surface area contributed by atoms with Crippen LogP contribution in [0.3, 0.4) is 0 Å². The molecular formula is C13H10N6. The average Bonchev–Trinajstić information content (AvgIpc) is 3.06. The molecule has 0 bridgehead atoms. The molecule has 6 heteroatoms. The highest BCUT2D eigenvalue weighted by Crippen LogP contribution is 2.30. The van der Waals surface area contributed by atoms with Gasteiger partial charge in [-0.3, -0.25) is 5.10 Å². The van der Waals surface area contributed by atoms with E-state index >= 15 is 0 Å². The summed E-state index contributed by atoms with van der Waals surface area (Å²) in [6, 6.07) is 10.1. The summed E-state index contributed by atoms with van der Waals surface area (Å²) in [5, 5.41) is 26.2. The van der Waals surface area contributed by atoms with Crippen molar-refractivity contribution in [2.24, 2.45) is 0 Å². The summed E-state index contributed by atoms with van der Waals surface area (Å²) in [6.07, 6.45) is 1.72. The van der Waals surface area contributed by atoms with Gasteiger partial charge < -0.3 is 0 Å². The number of rotatable bonds is 2. The Bertz CT molecular complexity index is 761. The van der Waals surface area contributed by atoms with Crippen molar-refractivity contribution in [2.75, 3.05) is 0 Å². The summed E-state index contributed by atoms with van der Waals surface area (Å²) >= 11 is 0. The number of nitriles is 1. The van der Waals surface area contributed by atoms with Crippen molar-refractivity contribution in [3.05, 3.63) is 41.7 Å². The van der Waals surface area contributed by atoms with Crippen LogP contribution in [0.4, 0.5) is 0 Å². The monoisotopic (exact) mass is 250 g/mol. The molecule has 6 nitrogen and oxygen atoms in total. The number of aromatic amines is 2. The van der Waals surface area contributed by atoms with Crippen LogP contribution in [0.2, 0.25) is 0 Å². The van der Waals surface area contributed by atoms with Crippen molar-refractivity contribution < 1.29 is 0 Å². The fraction of sp³-hybridized carbons (Fsp3) is 0.0769. The fourth-order valence-electron chi connectivity index (χ4n) is 1.98. The summed E-state index contributed by atoms with van der Waals surface area (Å²) in [7, 11) is 0. The van der Waals surface area contributed by atoms with E-state index in [2.05, 4.69) is 31.7 Å². The average molecular weight is 250 g/mol. The summed E-state index contributed by atoms with van der Waals surface area (Å²) in [4.78, 5) is 0. The second-order valence-electron chi connectivity index (χ2n) is 4.16. The maximum Gasteiger partial charge on any atom is 0.192 e. The highest BCUT2D eigenvalue weighted by molar-refractivity contribution is 5.80. The lowest BCUT2D eigenvalue weighted by Crippen LogP contribution is -1.87. The lowest BCUT2D eigenvalue weighted by Gasteiger charge is -2.02. The molecule has 2 heterocycles. The van der Waals surface area contributed by atoms with Crippen LogP contribution in [0.25, 0.3) is 22.5 Å². The van der Waals surface area contributed by atoms with Gasteiger partial charge in [0.25, 0.3) is 0 Å². The zero-order valence-electron chi connectivity index (χ0n) is 10.2. The lowest BCUT2D eigenvalue weighted by atomic mass is 10.0. The van der Waals surface area contributed by atoms with Crippen LogP contribution in [0.1, 0.15) is 11.3 Å². The number of hydrogen-bond acceptors (Lipinski definition) is 4. The first-order valence-corrected chi connectivity index (χ1v) is 5.71. The summed E-state index contributed by atoms with van der Waals surface area (Å²) in [5.41, 5.74) is 4.50. The molecule has 0 fully saturated rings. The van der Waals surface area contributed by atoms with Crippen molar-refractivity contribution in [1.82, 2.24) is 25.6 Å². The maximum absolute atomic E-state index is 9.00. The molecule has 0 saturated carbocycles. The zero-order valence-corrected chi connectivity index (χ0v) is 10.2. The Balaban J connectivity index is 2.17. The van der Waals surface area contributed by atoms with Gasteiger partial charge in [0.1, 0.15) is 11.8 Å². The first-order chi connectivity index (χ1) is 9.29. The van der Waals surface area contributed by atoms with Gasteiger partial charge in [-0.25, -0.2) is 0 Å². The van der Waals surface area contributed by atoms with Crippen LogP contribution in [0.15, 0.2) is 30.5 Å². The van der Waals surface area contributed by atoms with Gasteiger partial charge in [0.15, 0.2) is 5.69 Å². The van der Waals surface area contributed by atoms with Crippen molar-refractivity contribution >= 4 is 0 Å². The van der Waals surface area contributed by atoms with Crippen LogP contribution in [-0.2, 0) is 0 Å². The SMILES string of the molecule is Cc1cccc(-c2cn[nH]c2-c2n[nH]nc2C#N)c1. The van der Waals surface area contributed by atoms with Crippen LogP contribution in [0.5, 0.6) is 0 Å². The predicted octanol–water partition coefficient (Wildman–Crippen LogP) is 2.04. The fourth-order valence-corrected chi connectivity index (χ4v) is 1.98. The number of benzene rings is 1. The van der Waals surface area contributed by atoms with E-state index in [0.29, 0.717) is 11.4 Å². The normalized spacial score (nSPS) is 10.3. The van der Waals surface area contributed by atoms with E-state index < -0.39 is 0 Å². The molecule has 0 spiro atoms. The molecule has 2 N–H and O–H groups in total. The molecule has 0 aliphatic rings. The smallest absolute Gasteiger partial charge is 0.192 e. The molecule has 2 aromatic heterocycles. The second kappa shape index (κ2) is 4.38. The van der Waals surface area contributed by atoms with E-state index in [-0.39, 0.29) is 5.69 Å². The number of hydrogen-bond donors (Lipinski definition) is 2. The van der Waals surface area contributed by atoms with Crippen LogP contribution in [-0.4, -0.2) is 25.6 Å². The molecule has 3 rings (SSSR count). The molecule has 1 aromatic carbocycles. The molecule has 0 amide bonds.